The lowest BCUT2D eigenvalue weighted by Crippen LogP contribution is -2.29. The van der Waals surface area contributed by atoms with Crippen molar-refractivity contribution in [2.75, 3.05) is 16.4 Å². The third-order valence-corrected chi connectivity index (χ3v) is 3.52. The molecule has 0 atom stereocenters. The monoisotopic (exact) mass is 357 g/mol. The Morgan fingerprint density at radius 2 is 1.55 bits per heavy atom. The smallest absolute Gasteiger partial charge is 0.314 e. The quantitative estimate of drug-likeness (QED) is 0.564. The SMILES string of the molecule is Nc1ccc(NC(=O)C(=O)Nc2ccc(Cl)cc2Cl)cc1Cl. The lowest BCUT2D eigenvalue weighted by molar-refractivity contribution is -0.132. The first-order valence-corrected chi connectivity index (χ1v) is 7.12. The van der Waals surface area contributed by atoms with E-state index >= 15 is 0 Å². The molecular formula is C14H10Cl3N3O2. The number of nitrogens with two attached hydrogens (primary N) is 1. The summed E-state index contributed by atoms with van der Waals surface area (Å²) in [5.74, 6) is -1.75. The fourth-order valence-corrected chi connectivity index (χ4v) is 2.20. The van der Waals surface area contributed by atoms with Crippen LogP contribution in [0.2, 0.25) is 15.1 Å². The Bertz CT molecular complexity index is 750. The second kappa shape index (κ2) is 6.87. The van der Waals surface area contributed by atoms with Crippen molar-refractivity contribution in [3.8, 4) is 0 Å². The van der Waals surface area contributed by atoms with Crippen molar-refractivity contribution in [3.05, 3.63) is 51.5 Å². The van der Waals surface area contributed by atoms with Crippen LogP contribution in [-0.2, 0) is 9.59 Å². The number of nitrogens with one attached hydrogen (secondary N) is 2. The third kappa shape index (κ3) is 4.04. The summed E-state index contributed by atoms with van der Waals surface area (Å²) in [7, 11) is 0. The van der Waals surface area contributed by atoms with Gasteiger partial charge in [-0.15, -0.1) is 0 Å². The predicted octanol–water partition coefficient (Wildman–Crippen LogP) is 3.81. The second-order valence-electron chi connectivity index (χ2n) is 4.27. The molecule has 2 aromatic rings. The van der Waals surface area contributed by atoms with E-state index in [4.69, 9.17) is 40.5 Å². The summed E-state index contributed by atoms with van der Waals surface area (Å²) < 4.78 is 0. The first kappa shape index (κ1) is 16.4. The number of anilines is 3. The van der Waals surface area contributed by atoms with E-state index in [0.29, 0.717) is 16.4 Å². The Morgan fingerprint density at radius 3 is 2.18 bits per heavy atom. The van der Waals surface area contributed by atoms with Gasteiger partial charge in [-0.2, -0.15) is 0 Å². The van der Waals surface area contributed by atoms with Crippen LogP contribution in [0.4, 0.5) is 17.1 Å². The van der Waals surface area contributed by atoms with Gasteiger partial charge in [-0.1, -0.05) is 34.8 Å². The largest absolute Gasteiger partial charge is 0.398 e. The van der Waals surface area contributed by atoms with E-state index in [1.54, 1.807) is 6.07 Å². The third-order valence-electron chi connectivity index (χ3n) is 2.64. The van der Waals surface area contributed by atoms with Crippen LogP contribution in [0.1, 0.15) is 0 Å². The van der Waals surface area contributed by atoms with Crippen LogP contribution in [0.5, 0.6) is 0 Å². The van der Waals surface area contributed by atoms with Gasteiger partial charge in [0.25, 0.3) is 0 Å². The highest BCUT2D eigenvalue weighted by atomic mass is 35.5. The predicted molar refractivity (Wildman–Crippen MR) is 89.6 cm³/mol. The van der Waals surface area contributed by atoms with E-state index in [9.17, 15) is 9.59 Å². The highest BCUT2D eigenvalue weighted by Crippen LogP contribution is 2.25. The molecule has 2 aromatic carbocycles. The Labute approximate surface area is 141 Å². The zero-order valence-corrected chi connectivity index (χ0v) is 13.3. The number of amides is 2. The number of rotatable bonds is 2. The minimum Gasteiger partial charge on any atom is -0.398 e. The lowest BCUT2D eigenvalue weighted by Gasteiger charge is -2.09. The molecule has 0 bridgehead atoms. The molecule has 22 heavy (non-hydrogen) atoms. The Balaban J connectivity index is 2.05. The first-order chi connectivity index (χ1) is 10.4. The molecule has 0 aromatic heterocycles. The van der Waals surface area contributed by atoms with Crippen molar-refractivity contribution < 1.29 is 9.59 Å². The summed E-state index contributed by atoms with van der Waals surface area (Å²) in [5.41, 5.74) is 6.56. The van der Waals surface area contributed by atoms with Crippen molar-refractivity contribution >= 4 is 63.7 Å². The van der Waals surface area contributed by atoms with Crippen molar-refractivity contribution in [1.29, 1.82) is 0 Å². The van der Waals surface area contributed by atoms with Crippen LogP contribution in [0.3, 0.4) is 0 Å². The van der Waals surface area contributed by atoms with Gasteiger partial charge in [-0.25, -0.2) is 0 Å². The average Bonchev–Trinajstić information content (AvgIpc) is 2.45. The topological polar surface area (TPSA) is 84.2 Å². The summed E-state index contributed by atoms with van der Waals surface area (Å²) in [6, 6.07) is 8.98. The molecule has 114 valence electrons. The molecule has 0 heterocycles. The van der Waals surface area contributed by atoms with Gasteiger partial charge in [0, 0.05) is 10.7 Å². The number of nitrogen functional groups attached to an aromatic ring is 1. The van der Waals surface area contributed by atoms with Gasteiger partial charge < -0.3 is 16.4 Å². The molecule has 4 N–H and O–H groups in total. The van der Waals surface area contributed by atoms with E-state index in [1.807, 2.05) is 0 Å². The molecule has 0 aliphatic rings. The number of halogens is 3. The summed E-state index contributed by atoms with van der Waals surface area (Å²) in [6.07, 6.45) is 0. The summed E-state index contributed by atoms with van der Waals surface area (Å²) in [5, 5.41) is 5.71. The maximum absolute atomic E-state index is 11.8. The molecule has 0 fully saturated rings. The van der Waals surface area contributed by atoms with Crippen LogP contribution in [-0.4, -0.2) is 11.8 Å². The highest BCUT2D eigenvalue weighted by Gasteiger charge is 2.16. The molecule has 0 aliphatic carbocycles. The average molecular weight is 359 g/mol. The first-order valence-electron chi connectivity index (χ1n) is 5.99. The number of hydrogen-bond acceptors (Lipinski definition) is 3. The minimum atomic E-state index is -0.878. The van der Waals surface area contributed by atoms with Crippen molar-refractivity contribution in [2.24, 2.45) is 0 Å². The minimum absolute atomic E-state index is 0.226. The van der Waals surface area contributed by atoms with Gasteiger partial charge in [-0.05, 0) is 36.4 Å². The Hall–Kier alpha value is -1.95. The molecule has 0 saturated carbocycles. The van der Waals surface area contributed by atoms with Crippen molar-refractivity contribution in [1.82, 2.24) is 0 Å². The van der Waals surface area contributed by atoms with Gasteiger partial charge in [-0.3, -0.25) is 9.59 Å². The van der Waals surface area contributed by atoms with E-state index in [1.165, 1.54) is 30.3 Å². The van der Waals surface area contributed by atoms with Gasteiger partial charge in [0.2, 0.25) is 0 Å². The molecule has 0 spiro atoms. The van der Waals surface area contributed by atoms with E-state index < -0.39 is 11.8 Å². The van der Waals surface area contributed by atoms with Gasteiger partial charge in [0.1, 0.15) is 0 Å². The van der Waals surface area contributed by atoms with Crippen LogP contribution in [0.15, 0.2) is 36.4 Å². The number of hydrogen-bond donors (Lipinski definition) is 3. The normalized spacial score (nSPS) is 10.1. The summed E-state index contributed by atoms with van der Waals surface area (Å²) in [4.78, 5) is 23.7. The van der Waals surface area contributed by atoms with Crippen molar-refractivity contribution in [3.63, 3.8) is 0 Å². The molecule has 0 radical (unpaired) electrons. The second-order valence-corrected chi connectivity index (χ2v) is 5.52. The van der Waals surface area contributed by atoms with Crippen molar-refractivity contribution in [2.45, 2.75) is 0 Å². The molecule has 2 rings (SSSR count). The van der Waals surface area contributed by atoms with Crippen LogP contribution in [0.25, 0.3) is 0 Å². The van der Waals surface area contributed by atoms with E-state index in [-0.39, 0.29) is 15.7 Å². The van der Waals surface area contributed by atoms with Crippen LogP contribution < -0.4 is 16.4 Å². The molecule has 0 unspecified atom stereocenters. The molecule has 8 heteroatoms. The lowest BCUT2D eigenvalue weighted by atomic mass is 10.2. The number of carbonyl (C=O) groups is 2. The van der Waals surface area contributed by atoms with Crippen LogP contribution in [0, 0.1) is 0 Å². The molecule has 0 aliphatic heterocycles. The summed E-state index contributed by atoms with van der Waals surface area (Å²) in [6.45, 7) is 0. The maximum atomic E-state index is 11.8. The van der Waals surface area contributed by atoms with Crippen LogP contribution >= 0.6 is 34.8 Å². The zero-order valence-electron chi connectivity index (χ0n) is 11.0. The van der Waals surface area contributed by atoms with Gasteiger partial charge in [0.15, 0.2) is 0 Å². The van der Waals surface area contributed by atoms with E-state index in [2.05, 4.69) is 10.6 Å². The summed E-state index contributed by atoms with van der Waals surface area (Å²) >= 11 is 17.5. The Morgan fingerprint density at radius 1 is 0.864 bits per heavy atom. The fourth-order valence-electron chi connectivity index (χ4n) is 1.56. The molecular weight excluding hydrogens is 349 g/mol. The standard InChI is InChI=1S/C14H10Cl3N3O2/c15-7-1-4-12(10(17)5-7)20-14(22)13(21)19-8-2-3-11(18)9(16)6-8/h1-6H,18H2,(H,19,21)(H,20,22). The number of benzene rings is 2. The Kier molecular flexibility index (Phi) is 5.13. The van der Waals surface area contributed by atoms with Gasteiger partial charge >= 0.3 is 11.8 Å². The molecule has 2 amide bonds. The zero-order chi connectivity index (χ0) is 16.3. The maximum Gasteiger partial charge on any atom is 0.314 e. The fraction of sp³-hybridized carbons (Fsp3) is 0. The molecule has 5 nitrogen and oxygen atoms in total. The number of carbonyl (C=O) groups excluding carboxylic acids is 2. The van der Waals surface area contributed by atoms with E-state index in [0.717, 1.165) is 0 Å². The van der Waals surface area contributed by atoms with Gasteiger partial charge in [0.05, 0.1) is 21.4 Å². The molecule has 0 saturated heterocycles. The highest BCUT2D eigenvalue weighted by molar-refractivity contribution is 6.45.